The summed E-state index contributed by atoms with van der Waals surface area (Å²) in [4.78, 5) is 26.5. The molecule has 7 nitrogen and oxygen atoms in total. The molecule has 1 fully saturated rings. The number of carbonyl (C=O) groups is 2. The predicted octanol–water partition coefficient (Wildman–Crippen LogP) is -0.163. The van der Waals surface area contributed by atoms with E-state index in [1.807, 2.05) is 12.2 Å². The highest BCUT2D eigenvalue weighted by Crippen LogP contribution is 2.49. The number of carbonyl (C=O) groups excluding carboxylic acids is 2. The van der Waals surface area contributed by atoms with Gasteiger partial charge in [0.25, 0.3) is 0 Å². The number of methoxy groups -OCH3 is 1. The van der Waals surface area contributed by atoms with E-state index in [1.54, 1.807) is 0 Å². The van der Waals surface area contributed by atoms with E-state index in [0.29, 0.717) is 6.42 Å². The average molecular weight is 341 g/mol. The van der Waals surface area contributed by atoms with Crippen molar-refractivity contribution in [3.63, 3.8) is 0 Å². The molecule has 1 aliphatic carbocycles. The maximum absolute atomic E-state index is 12.7. The van der Waals surface area contributed by atoms with Crippen LogP contribution >= 0.6 is 0 Å². The van der Waals surface area contributed by atoms with E-state index in [9.17, 15) is 24.9 Å². The van der Waals surface area contributed by atoms with Gasteiger partial charge in [0, 0.05) is 19.6 Å². The van der Waals surface area contributed by atoms with Crippen molar-refractivity contribution in [3.05, 3.63) is 12.2 Å². The van der Waals surface area contributed by atoms with Crippen molar-refractivity contribution >= 4 is 11.9 Å². The fourth-order valence-electron chi connectivity index (χ4n) is 4.32. The normalized spacial score (nSPS) is 37.6. The third-order valence-electron chi connectivity index (χ3n) is 5.65. The van der Waals surface area contributed by atoms with E-state index < -0.39 is 35.0 Å². The third-order valence-corrected chi connectivity index (χ3v) is 5.65. The van der Waals surface area contributed by atoms with Gasteiger partial charge in [-0.05, 0) is 32.6 Å². The van der Waals surface area contributed by atoms with Crippen LogP contribution < -0.4 is 0 Å². The molecule has 3 N–H and O–H groups in total. The van der Waals surface area contributed by atoms with Gasteiger partial charge in [-0.3, -0.25) is 4.79 Å². The number of esters is 1. The second kappa shape index (κ2) is 6.82. The van der Waals surface area contributed by atoms with E-state index in [1.165, 1.54) is 21.1 Å². The highest BCUT2D eigenvalue weighted by molar-refractivity contribution is 5.96. The molecule has 0 bridgehead atoms. The Hall–Kier alpha value is -1.44. The van der Waals surface area contributed by atoms with Crippen LogP contribution in [0.25, 0.3) is 0 Å². The Morgan fingerprint density at radius 1 is 1.54 bits per heavy atom. The van der Waals surface area contributed by atoms with E-state index in [2.05, 4.69) is 0 Å². The molecule has 1 heterocycles. The van der Waals surface area contributed by atoms with Gasteiger partial charge in [0.15, 0.2) is 5.54 Å². The number of aliphatic hydroxyl groups excluding tert-OH is 2. The predicted molar refractivity (Wildman–Crippen MR) is 85.8 cm³/mol. The Balaban J connectivity index is 2.57. The molecule has 1 amide bonds. The monoisotopic (exact) mass is 341 g/mol. The molecule has 0 aromatic rings. The highest BCUT2D eigenvalue weighted by Gasteiger charge is 2.72. The number of likely N-dealkylation sites (tertiary alicyclic amines) is 1. The molecule has 0 spiro atoms. The first-order valence-electron chi connectivity index (χ1n) is 8.30. The van der Waals surface area contributed by atoms with Crippen LogP contribution in [-0.2, 0) is 14.3 Å². The van der Waals surface area contributed by atoms with Crippen LogP contribution in [0.5, 0.6) is 0 Å². The van der Waals surface area contributed by atoms with Crippen molar-refractivity contribution < 1.29 is 29.6 Å². The van der Waals surface area contributed by atoms with Crippen LogP contribution in [-0.4, -0.2) is 70.1 Å². The number of ether oxygens (including phenoxy) is 1. The Kier molecular flexibility index (Phi) is 5.37. The van der Waals surface area contributed by atoms with Crippen LogP contribution in [0.1, 0.15) is 32.6 Å². The number of nitrogens with zero attached hydrogens (tertiary/aromatic N) is 1. The maximum atomic E-state index is 12.7. The van der Waals surface area contributed by atoms with Crippen molar-refractivity contribution in [1.82, 2.24) is 4.90 Å². The van der Waals surface area contributed by atoms with Gasteiger partial charge in [-0.2, -0.15) is 0 Å². The van der Waals surface area contributed by atoms with Crippen LogP contribution in [0.3, 0.4) is 0 Å². The van der Waals surface area contributed by atoms with Gasteiger partial charge in [-0.25, -0.2) is 4.79 Å². The van der Waals surface area contributed by atoms with Gasteiger partial charge in [-0.1, -0.05) is 12.2 Å². The number of likely N-dealkylation sites (N-methyl/N-ethyl adjacent to an activating group) is 1. The molecule has 7 heteroatoms. The molecule has 0 aromatic carbocycles. The zero-order chi connectivity index (χ0) is 18.1. The molecule has 1 saturated heterocycles. The fourth-order valence-corrected chi connectivity index (χ4v) is 4.32. The Bertz CT molecular complexity index is 531. The second-order valence-corrected chi connectivity index (χ2v) is 6.84. The molecule has 136 valence electrons. The number of rotatable bonds is 5. The van der Waals surface area contributed by atoms with Crippen LogP contribution in [0, 0.1) is 11.8 Å². The van der Waals surface area contributed by atoms with Gasteiger partial charge in [0.1, 0.15) is 5.60 Å². The summed E-state index contributed by atoms with van der Waals surface area (Å²) in [5, 5.41) is 31.5. The van der Waals surface area contributed by atoms with Gasteiger partial charge in [0.2, 0.25) is 5.91 Å². The SMILES string of the molecule is COC(=O)[C@]1(C(O)[C@@H]2C=CCCC2)N(C)C(=O)[C@H](CCO)[C@]1(C)O. The molecule has 1 aliphatic heterocycles. The van der Waals surface area contributed by atoms with Crippen molar-refractivity contribution in [1.29, 1.82) is 0 Å². The molecular formula is C17H27NO6. The summed E-state index contributed by atoms with van der Waals surface area (Å²) in [5.74, 6) is -2.70. The zero-order valence-corrected chi connectivity index (χ0v) is 14.4. The minimum Gasteiger partial charge on any atom is -0.467 e. The third kappa shape index (κ3) is 2.46. The molecule has 0 aromatic heterocycles. The summed E-state index contributed by atoms with van der Waals surface area (Å²) in [7, 11) is 2.56. The minimum atomic E-state index is -1.91. The molecule has 1 unspecified atom stereocenters. The first-order valence-corrected chi connectivity index (χ1v) is 8.30. The largest absolute Gasteiger partial charge is 0.467 e. The topological polar surface area (TPSA) is 107 Å². The summed E-state index contributed by atoms with van der Waals surface area (Å²) in [5.41, 5.74) is -3.79. The first kappa shape index (κ1) is 18.9. The maximum Gasteiger partial charge on any atom is 0.337 e. The average Bonchev–Trinajstić information content (AvgIpc) is 2.73. The number of hydrogen-bond donors (Lipinski definition) is 3. The molecule has 2 aliphatic rings. The van der Waals surface area contributed by atoms with Crippen molar-refractivity contribution in [2.75, 3.05) is 20.8 Å². The lowest BCUT2D eigenvalue weighted by Gasteiger charge is -2.47. The van der Waals surface area contributed by atoms with Crippen molar-refractivity contribution in [3.8, 4) is 0 Å². The lowest BCUT2D eigenvalue weighted by molar-refractivity contribution is -0.187. The minimum absolute atomic E-state index is 0.00213. The van der Waals surface area contributed by atoms with Gasteiger partial charge in [0.05, 0.1) is 19.1 Å². The molecule has 2 rings (SSSR count). The van der Waals surface area contributed by atoms with E-state index >= 15 is 0 Å². The van der Waals surface area contributed by atoms with Crippen LogP contribution in [0.4, 0.5) is 0 Å². The Morgan fingerprint density at radius 2 is 2.21 bits per heavy atom. The number of allylic oxidation sites excluding steroid dienone is 1. The Labute approximate surface area is 141 Å². The van der Waals surface area contributed by atoms with E-state index in [0.717, 1.165) is 17.7 Å². The molecular weight excluding hydrogens is 314 g/mol. The van der Waals surface area contributed by atoms with Gasteiger partial charge in [-0.15, -0.1) is 0 Å². The lowest BCUT2D eigenvalue weighted by atomic mass is 9.68. The zero-order valence-electron chi connectivity index (χ0n) is 14.4. The molecule has 24 heavy (non-hydrogen) atoms. The summed E-state index contributed by atoms with van der Waals surface area (Å²) >= 11 is 0. The van der Waals surface area contributed by atoms with Crippen LogP contribution in [0.15, 0.2) is 12.2 Å². The van der Waals surface area contributed by atoms with Gasteiger partial charge < -0.3 is 25.0 Å². The molecule has 5 atom stereocenters. The molecule has 0 radical (unpaired) electrons. The molecule has 0 saturated carbocycles. The summed E-state index contributed by atoms with van der Waals surface area (Å²) < 4.78 is 4.89. The van der Waals surface area contributed by atoms with Crippen molar-refractivity contribution in [2.24, 2.45) is 11.8 Å². The second-order valence-electron chi connectivity index (χ2n) is 6.84. The first-order chi connectivity index (χ1) is 11.3. The lowest BCUT2D eigenvalue weighted by Crippen LogP contribution is -2.70. The number of amides is 1. The van der Waals surface area contributed by atoms with Gasteiger partial charge >= 0.3 is 5.97 Å². The quantitative estimate of drug-likeness (QED) is 0.474. The summed E-state index contributed by atoms with van der Waals surface area (Å²) in [6, 6.07) is 0. The smallest absolute Gasteiger partial charge is 0.337 e. The number of aliphatic hydroxyl groups is 3. The van der Waals surface area contributed by atoms with Crippen LogP contribution in [0.2, 0.25) is 0 Å². The Morgan fingerprint density at radius 3 is 2.71 bits per heavy atom. The fraction of sp³-hybridized carbons (Fsp3) is 0.765. The van der Waals surface area contributed by atoms with E-state index in [-0.39, 0.29) is 18.9 Å². The van der Waals surface area contributed by atoms with E-state index in [4.69, 9.17) is 4.74 Å². The summed E-state index contributed by atoms with van der Waals surface area (Å²) in [6.45, 7) is 1.05. The summed E-state index contributed by atoms with van der Waals surface area (Å²) in [6.07, 6.45) is 4.85. The van der Waals surface area contributed by atoms with Crippen molar-refractivity contribution in [2.45, 2.75) is 49.9 Å². The number of hydrogen-bond acceptors (Lipinski definition) is 6. The standard InChI is InChI=1S/C17H27NO6/c1-16(23)12(9-10-19)14(21)18(2)17(16,15(22)24-3)13(20)11-7-5-4-6-8-11/h5,7,11-13,19-20,23H,4,6,8-10H2,1-3H3/t11-,12+,13?,16+,17+/m1/s1. The highest BCUT2D eigenvalue weighted by atomic mass is 16.5.